The highest BCUT2D eigenvalue weighted by Gasteiger charge is 2.24. The molecule has 0 aliphatic rings. The summed E-state index contributed by atoms with van der Waals surface area (Å²) in [5.74, 6) is -1.03. The second-order valence-electron chi connectivity index (χ2n) is 7.42. The number of hydrogen-bond donors (Lipinski definition) is 3. The number of nitrogen functional groups attached to an aromatic ring is 1. The largest absolute Gasteiger partial charge is 0.490 e. The molecule has 0 saturated heterocycles. The van der Waals surface area contributed by atoms with Crippen LogP contribution in [-0.4, -0.2) is 34.1 Å². The van der Waals surface area contributed by atoms with Crippen LogP contribution in [-0.2, 0) is 4.79 Å². The highest BCUT2D eigenvalue weighted by Crippen LogP contribution is 2.33. The van der Waals surface area contributed by atoms with Crippen LogP contribution in [0.4, 0.5) is 5.69 Å². The van der Waals surface area contributed by atoms with Crippen molar-refractivity contribution in [1.82, 2.24) is 10.3 Å². The zero-order chi connectivity index (χ0) is 22.5. The van der Waals surface area contributed by atoms with Gasteiger partial charge in [-0.25, -0.2) is 4.79 Å². The Labute approximate surface area is 175 Å². The summed E-state index contributed by atoms with van der Waals surface area (Å²) in [5.41, 5.74) is 6.79. The molecule has 1 amide bonds. The maximum absolute atomic E-state index is 12.5. The van der Waals surface area contributed by atoms with Crippen molar-refractivity contribution in [2.75, 3.05) is 12.3 Å². The van der Waals surface area contributed by atoms with Crippen LogP contribution in [0.3, 0.4) is 0 Å². The van der Waals surface area contributed by atoms with Gasteiger partial charge in [0.05, 0.1) is 27.8 Å². The monoisotopic (exact) mass is 409 g/mol. The van der Waals surface area contributed by atoms with Gasteiger partial charge >= 0.3 is 5.97 Å². The molecule has 1 heterocycles. The van der Waals surface area contributed by atoms with Gasteiger partial charge in [0.2, 0.25) is 0 Å². The normalized spacial score (nSPS) is 12.2. The van der Waals surface area contributed by atoms with E-state index >= 15 is 0 Å². The lowest BCUT2D eigenvalue weighted by Crippen LogP contribution is -2.48. The number of hydrogen-bond acceptors (Lipinski definition) is 5. The number of ether oxygens (including phenoxy) is 1. The number of rotatable bonds is 8. The first-order valence-corrected chi connectivity index (χ1v) is 9.44. The number of pyridine rings is 1. The third-order valence-electron chi connectivity index (χ3n) is 4.40. The van der Waals surface area contributed by atoms with E-state index < -0.39 is 11.5 Å². The molecule has 0 fully saturated rings. The molecule has 0 bridgehead atoms. The summed E-state index contributed by atoms with van der Waals surface area (Å²) in [6, 6.07) is 5.19. The Morgan fingerprint density at radius 3 is 2.67 bits per heavy atom. The molecule has 1 aromatic carbocycles. The van der Waals surface area contributed by atoms with Crippen molar-refractivity contribution in [2.24, 2.45) is 0 Å². The van der Waals surface area contributed by atoms with Crippen LogP contribution in [0, 0.1) is 6.92 Å². The zero-order valence-corrected chi connectivity index (χ0v) is 17.7. The van der Waals surface area contributed by atoms with E-state index in [0.29, 0.717) is 27.9 Å². The van der Waals surface area contributed by atoms with Gasteiger partial charge in [0, 0.05) is 5.57 Å². The van der Waals surface area contributed by atoms with Crippen LogP contribution in [0.5, 0.6) is 5.75 Å². The fraction of sp³-hybridized carbons (Fsp3) is 0.261. The van der Waals surface area contributed by atoms with E-state index in [1.807, 2.05) is 26.8 Å². The van der Waals surface area contributed by atoms with Crippen LogP contribution in [0.1, 0.15) is 36.8 Å². The summed E-state index contributed by atoms with van der Waals surface area (Å²) in [5, 5.41) is 12.8. The second kappa shape index (κ2) is 9.26. The molecule has 0 atom stereocenters. The topological polar surface area (TPSA) is 115 Å². The fourth-order valence-corrected chi connectivity index (χ4v) is 2.94. The number of carboxylic acids is 1. The third-order valence-corrected chi connectivity index (χ3v) is 4.40. The van der Waals surface area contributed by atoms with Crippen molar-refractivity contribution in [3.05, 3.63) is 65.9 Å². The first-order chi connectivity index (χ1) is 14.1. The lowest BCUT2D eigenvalue weighted by Gasteiger charge is -2.27. The van der Waals surface area contributed by atoms with Crippen LogP contribution >= 0.6 is 0 Å². The first-order valence-electron chi connectivity index (χ1n) is 9.44. The Kier molecular flexibility index (Phi) is 7.00. The number of benzene rings is 1. The van der Waals surface area contributed by atoms with E-state index in [2.05, 4.69) is 16.9 Å². The maximum Gasteiger partial charge on any atom is 0.339 e. The lowest BCUT2D eigenvalue weighted by atomic mass is 10.0. The van der Waals surface area contributed by atoms with E-state index in [9.17, 15) is 14.7 Å². The first kappa shape index (κ1) is 22.7. The van der Waals surface area contributed by atoms with E-state index in [-0.39, 0.29) is 23.8 Å². The molecule has 0 saturated carbocycles. The Bertz CT molecular complexity index is 1050. The molecule has 30 heavy (non-hydrogen) atoms. The Morgan fingerprint density at radius 1 is 1.37 bits per heavy atom. The molecule has 7 heteroatoms. The second-order valence-corrected chi connectivity index (χ2v) is 7.42. The zero-order valence-electron chi connectivity index (χ0n) is 17.7. The van der Waals surface area contributed by atoms with Gasteiger partial charge in [-0.2, -0.15) is 0 Å². The Morgan fingerprint density at radius 2 is 2.07 bits per heavy atom. The molecular formula is C23H27N3O4. The average Bonchev–Trinajstić information content (AvgIpc) is 2.66. The van der Waals surface area contributed by atoms with Crippen molar-refractivity contribution in [2.45, 2.75) is 33.2 Å². The quantitative estimate of drug-likeness (QED) is 0.451. The van der Waals surface area contributed by atoms with Crippen LogP contribution in [0.25, 0.3) is 10.9 Å². The van der Waals surface area contributed by atoms with Gasteiger partial charge in [0.15, 0.2) is 0 Å². The van der Waals surface area contributed by atoms with Crippen LogP contribution in [0.15, 0.2) is 54.7 Å². The van der Waals surface area contributed by atoms with Gasteiger partial charge in [-0.15, -0.1) is 0 Å². The van der Waals surface area contributed by atoms with Gasteiger partial charge in [-0.05, 0) is 45.9 Å². The number of anilines is 1. The van der Waals surface area contributed by atoms with Gasteiger partial charge in [0.25, 0.3) is 5.91 Å². The van der Waals surface area contributed by atoms with E-state index in [1.165, 1.54) is 6.08 Å². The van der Waals surface area contributed by atoms with E-state index in [4.69, 9.17) is 10.5 Å². The number of nitrogens with two attached hydrogens (primary N) is 1. The molecule has 0 radical (unpaired) electrons. The molecule has 4 N–H and O–H groups in total. The van der Waals surface area contributed by atoms with Crippen molar-refractivity contribution >= 4 is 28.5 Å². The van der Waals surface area contributed by atoms with Crippen LogP contribution in [0.2, 0.25) is 0 Å². The highest BCUT2D eigenvalue weighted by atomic mass is 16.5. The number of nitrogens with zero attached hydrogens (tertiary/aromatic N) is 1. The number of fused-ring (bicyclic) bond motifs is 1. The molecule has 0 unspecified atom stereocenters. The molecule has 0 spiro atoms. The molecule has 158 valence electrons. The number of carboxylic acid groups (broad SMARTS) is 1. The van der Waals surface area contributed by atoms with E-state index in [0.717, 1.165) is 0 Å². The van der Waals surface area contributed by atoms with Crippen molar-refractivity contribution < 1.29 is 19.4 Å². The number of allylic oxidation sites excluding steroid dienone is 3. The molecule has 0 aliphatic heterocycles. The SMILES string of the molecule is C=C/C(=C\C=C/C)C(=O)NC(C)(C)COc1cccc2nc(C)c(C(=O)O)c(N)c12. The van der Waals surface area contributed by atoms with Gasteiger partial charge in [-0.1, -0.05) is 30.9 Å². The number of carbonyl (C=O) groups is 2. The lowest BCUT2D eigenvalue weighted by molar-refractivity contribution is -0.119. The summed E-state index contributed by atoms with van der Waals surface area (Å²) < 4.78 is 5.95. The number of carbonyl (C=O) groups excluding carboxylic acids is 1. The van der Waals surface area contributed by atoms with Gasteiger partial charge in [-0.3, -0.25) is 9.78 Å². The summed E-state index contributed by atoms with van der Waals surface area (Å²) in [4.78, 5) is 28.4. The minimum absolute atomic E-state index is 0.0455. The highest BCUT2D eigenvalue weighted by molar-refractivity contribution is 6.06. The van der Waals surface area contributed by atoms with Crippen molar-refractivity contribution in [3.8, 4) is 5.75 Å². The summed E-state index contributed by atoms with van der Waals surface area (Å²) in [6.07, 6.45) is 6.73. The number of aromatic nitrogens is 1. The van der Waals surface area contributed by atoms with E-state index in [1.54, 1.807) is 37.3 Å². The van der Waals surface area contributed by atoms with Crippen molar-refractivity contribution in [1.29, 1.82) is 0 Å². The summed E-state index contributed by atoms with van der Waals surface area (Å²) in [6.45, 7) is 10.9. The number of amides is 1. The summed E-state index contributed by atoms with van der Waals surface area (Å²) in [7, 11) is 0. The number of aromatic carboxylic acids is 1. The minimum Gasteiger partial charge on any atom is -0.490 e. The molecular weight excluding hydrogens is 382 g/mol. The smallest absolute Gasteiger partial charge is 0.339 e. The van der Waals surface area contributed by atoms with Gasteiger partial charge < -0.3 is 20.9 Å². The standard InChI is InChI=1S/C23H27N3O4/c1-6-8-10-15(7-2)21(27)26-23(4,5)13-30-17-12-9-11-16-19(17)20(24)18(22(28)29)14(3)25-16/h6-12H,2,13H2,1,3-5H3,(H2,24,25)(H,26,27)(H,28,29)/b8-6-,15-10+. The third kappa shape index (κ3) is 5.05. The predicted octanol–water partition coefficient (Wildman–Crippen LogP) is 3.79. The average molecular weight is 409 g/mol. The number of aryl methyl sites for hydroxylation is 1. The maximum atomic E-state index is 12.5. The minimum atomic E-state index is -1.15. The molecule has 2 aromatic rings. The molecule has 7 nitrogen and oxygen atoms in total. The predicted molar refractivity (Wildman–Crippen MR) is 119 cm³/mol. The Balaban J connectivity index is 2.30. The molecule has 0 aliphatic carbocycles. The fourth-order valence-electron chi connectivity index (χ4n) is 2.94. The number of nitrogens with one attached hydrogen (secondary N) is 1. The summed E-state index contributed by atoms with van der Waals surface area (Å²) >= 11 is 0. The molecule has 1 aromatic heterocycles. The van der Waals surface area contributed by atoms with Crippen molar-refractivity contribution in [3.63, 3.8) is 0 Å². The molecule has 2 rings (SSSR count). The Hall–Kier alpha value is -3.61. The van der Waals surface area contributed by atoms with Gasteiger partial charge in [0.1, 0.15) is 17.9 Å². The van der Waals surface area contributed by atoms with Crippen LogP contribution < -0.4 is 15.8 Å².